The van der Waals surface area contributed by atoms with Gasteiger partial charge in [-0.3, -0.25) is 4.79 Å². The number of benzene rings is 2. The molecule has 0 aliphatic rings. The van der Waals surface area contributed by atoms with Gasteiger partial charge in [-0.25, -0.2) is 4.98 Å². The van der Waals surface area contributed by atoms with E-state index in [9.17, 15) is 10.1 Å². The van der Waals surface area contributed by atoms with Crippen molar-refractivity contribution in [1.82, 2.24) is 14.8 Å². The number of pyridine rings is 1. The number of halogens is 1. The minimum absolute atomic E-state index is 0.249. The first-order valence-electron chi connectivity index (χ1n) is 9.97. The van der Waals surface area contributed by atoms with E-state index < -0.39 is 0 Å². The number of fused-ring (bicyclic) bond motifs is 1. The summed E-state index contributed by atoms with van der Waals surface area (Å²) in [5.74, 6) is 0.414. The predicted molar refractivity (Wildman–Crippen MR) is 127 cm³/mol. The molecule has 158 valence electrons. The maximum absolute atomic E-state index is 12.6. The van der Waals surface area contributed by atoms with Crippen molar-refractivity contribution in [2.24, 2.45) is 0 Å². The van der Waals surface area contributed by atoms with Gasteiger partial charge in [0, 0.05) is 16.5 Å². The summed E-state index contributed by atoms with van der Waals surface area (Å²) in [6.45, 7) is 6.07. The van der Waals surface area contributed by atoms with Crippen LogP contribution in [-0.2, 0) is 4.79 Å². The third-order valence-electron chi connectivity index (χ3n) is 5.09. The van der Waals surface area contributed by atoms with Crippen LogP contribution in [0.4, 0.5) is 5.82 Å². The normalized spacial score (nSPS) is 11.1. The fourth-order valence-corrected chi connectivity index (χ4v) is 3.69. The maximum Gasteiger partial charge on any atom is 0.249 e. The number of carbonyl (C=O) groups is 1. The number of amides is 1. The van der Waals surface area contributed by atoms with E-state index >= 15 is 0 Å². The molecule has 0 radical (unpaired) electrons. The molecule has 0 bridgehead atoms. The van der Waals surface area contributed by atoms with Gasteiger partial charge < -0.3 is 5.32 Å². The zero-order valence-electron chi connectivity index (χ0n) is 17.8. The van der Waals surface area contributed by atoms with E-state index in [1.54, 1.807) is 18.2 Å². The molecule has 6 nitrogen and oxygen atoms in total. The van der Waals surface area contributed by atoms with E-state index in [4.69, 9.17) is 16.6 Å². The van der Waals surface area contributed by atoms with Crippen LogP contribution in [-0.4, -0.2) is 20.7 Å². The van der Waals surface area contributed by atoms with Crippen molar-refractivity contribution in [2.45, 2.75) is 20.8 Å². The highest BCUT2D eigenvalue weighted by atomic mass is 35.5. The molecule has 2 aromatic heterocycles. The fraction of sp³-hybridized carbons (Fsp3) is 0.120. The molecule has 0 spiro atoms. The van der Waals surface area contributed by atoms with Crippen molar-refractivity contribution in [1.29, 1.82) is 5.26 Å². The Morgan fingerprint density at radius 1 is 1.12 bits per heavy atom. The summed E-state index contributed by atoms with van der Waals surface area (Å²) < 4.78 is 1.48. The van der Waals surface area contributed by atoms with Crippen LogP contribution in [0, 0.1) is 32.1 Å². The van der Waals surface area contributed by atoms with E-state index in [0.717, 1.165) is 27.6 Å². The quantitative estimate of drug-likeness (QED) is 0.422. The molecule has 2 heterocycles. The van der Waals surface area contributed by atoms with Gasteiger partial charge in [0.2, 0.25) is 5.91 Å². The first kappa shape index (κ1) is 21.3. The summed E-state index contributed by atoms with van der Waals surface area (Å²) in [5.41, 5.74) is 5.19. The lowest BCUT2D eigenvalue weighted by molar-refractivity contribution is -0.111. The number of carbonyl (C=O) groups excluding carboxylic acids is 1. The Morgan fingerprint density at radius 3 is 2.59 bits per heavy atom. The standard InChI is InChI=1S/C25H20ClN5O/c1-15-10-17(3)24-21(11-15)16(2)12-22(29-24)31-25(19(13-27)14-28-31)30-23(32)9-6-18-4-7-20(26)8-5-18/h4-12,14H,1-3H3,(H,30,32)/b9-6+. The molecule has 0 unspecified atom stereocenters. The van der Waals surface area contributed by atoms with Gasteiger partial charge in [0.25, 0.3) is 0 Å². The van der Waals surface area contributed by atoms with E-state index in [-0.39, 0.29) is 17.3 Å². The average Bonchev–Trinajstić information content (AvgIpc) is 3.16. The molecule has 0 aliphatic carbocycles. The summed E-state index contributed by atoms with van der Waals surface area (Å²) in [5, 5.41) is 18.3. The summed E-state index contributed by atoms with van der Waals surface area (Å²) in [7, 11) is 0. The van der Waals surface area contributed by atoms with Gasteiger partial charge in [0.05, 0.1) is 11.7 Å². The Labute approximate surface area is 190 Å². The highest BCUT2D eigenvalue weighted by Crippen LogP contribution is 2.26. The van der Waals surface area contributed by atoms with Gasteiger partial charge in [-0.1, -0.05) is 35.4 Å². The van der Waals surface area contributed by atoms with E-state index in [1.165, 1.54) is 22.5 Å². The average molecular weight is 442 g/mol. The van der Waals surface area contributed by atoms with Gasteiger partial charge in [-0.05, 0) is 67.8 Å². The fourth-order valence-electron chi connectivity index (χ4n) is 3.56. The molecule has 0 saturated heterocycles. The number of anilines is 1. The second-order valence-corrected chi connectivity index (χ2v) is 8.02. The van der Waals surface area contributed by atoms with Crippen molar-refractivity contribution < 1.29 is 4.79 Å². The minimum atomic E-state index is -0.387. The molecular weight excluding hydrogens is 422 g/mol. The van der Waals surface area contributed by atoms with Gasteiger partial charge in [0.1, 0.15) is 11.6 Å². The van der Waals surface area contributed by atoms with Crippen molar-refractivity contribution in [3.8, 4) is 11.9 Å². The molecule has 4 aromatic rings. The Bertz CT molecular complexity index is 1410. The molecular formula is C25H20ClN5O. The number of nitriles is 1. The Kier molecular flexibility index (Phi) is 5.76. The Hall–Kier alpha value is -3.95. The van der Waals surface area contributed by atoms with Crippen molar-refractivity contribution >= 4 is 40.3 Å². The largest absolute Gasteiger partial charge is 0.306 e. The molecule has 1 N–H and O–H groups in total. The molecule has 0 fully saturated rings. The molecule has 4 rings (SSSR count). The molecule has 7 heteroatoms. The SMILES string of the molecule is Cc1cc(C)c2nc(-n3ncc(C#N)c3NC(=O)/C=C/c3ccc(Cl)cc3)cc(C)c2c1. The summed E-state index contributed by atoms with van der Waals surface area (Å²) in [4.78, 5) is 17.4. The van der Waals surface area contributed by atoms with Gasteiger partial charge in [-0.15, -0.1) is 0 Å². The number of aromatic nitrogens is 3. The number of hydrogen-bond donors (Lipinski definition) is 1. The number of nitrogens with one attached hydrogen (secondary N) is 1. The molecule has 0 atom stereocenters. The predicted octanol–water partition coefficient (Wildman–Crippen LogP) is 5.52. The van der Waals surface area contributed by atoms with Crippen LogP contribution in [0.15, 0.2) is 54.7 Å². The highest BCUT2D eigenvalue weighted by Gasteiger charge is 2.16. The van der Waals surface area contributed by atoms with E-state index in [2.05, 4.69) is 35.5 Å². The van der Waals surface area contributed by atoms with E-state index in [0.29, 0.717) is 10.8 Å². The number of hydrogen-bond acceptors (Lipinski definition) is 4. The third kappa shape index (κ3) is 4.25. The van der Waals surface area contributed by atoms with Crippen molar-refractivity contribution in [2.75, 3.05) is 5.32 Å². The monoisotopic (exact) mass is 441 g/mol. The van der Waals surface area contributed by atoms with Crippen LogP contribution in [0.1, 0.15) is 27.8 Å². The molecule has 0 aliphatic heterocycles. The first-order chi connectivity index (χ1) is 15.4. The molecule has 32 heavy (non-hydrogen) atoms. The number of rotatable bonds is 4. The number of aryl methyl sites for hydroxylation is 3. The van der Waals surface area contributed by atoms with Crippen LogP contribution >= 0.6 is 11.6 Å². The van der Waals surface area contributed by atoms with Crippen LogP contribution < -0.4 is 5.32 Å². The Balaban J connectivity index is 1.70. The molecule has 2 aromatic carbocycles. The topological polar surface area (TPSA) is 83.6 Å². The van der Waals surface area contributed by atoms with Gasteiger partial charge in [0.15, 0.2) is 11.6 Å². The van der Waals surface area contributed by atoms with Gasteiger partial charge >= 0.3 is 0 Å². The number of nitrogens with zero attached hydrogens (tertiary/aromatic N) is 4. The second kappa shape index (κ2) is 8.66. The maximum atomic E-state index is 12.6. The van der Waals surface area contributed by atoms with Crippen LogP contribution in [0.3, 0.4) is 0 Å². The lowest BCUT2D eigenvalue weighted by Crippen LogP contribution is -2.14. The third-order valence-corrected chi connectivity index (χ3v) is 5.34. The second-order valence-electron chi connectivity index (χ2n) is 7.58. The van der Waals surface area contributed by atoms with Crippen molar-refractivity contribution in [3.05, 3.63) is 87.6 Å². The van der Waals surface area contributed by atoms with Crippen LogP contribution in [0.25, 0.3) is 22.8 Å². The Morgan fingerprint density at radius 2 is 1.88 bits per heavy atom. The summed E-state index contributed by atoms with van der Waals surface area (Å²) in [6, 6.07) is 15.3. The zero-order valence-corrected chi connectivity index (χ0v) is 18.6. The summed E-state index contributed by atoms with van der Waals surface area (Å²) >= 11 is 5.89. The van der Waals surface area contributed by atoms with Crippen molar-refractivity contribution in [3.63, 3.8) is 0 Å². The van der Waals surface area contributed by atoms with Gasteiger partial charge in [-0.2, -0.15) is 15.0 Å². The van der Waals surface area contributed by atoms with Crippen LogP contribution in [0.5, 0.6) is 0 Å². The first-order valence-corrected chi connectivity index (χ1v) is 10.4. The lowest BCUT2D eigenvalue weighted by Gasteiger charge is -2.12. The smallest absolute Gasteiger partial charge is 0.249 e. The van der Waals surface area contributed by atoms with E-state index in [1.807, 2.05) is 32.0 Å². The lowest BCUT2D eigenvalue weighted by atomic mass is 10.0. The molecule has 0 saturated carbocycles. The zero-order chi connectivity index (χ0) is 22.8. The highest BCUT2D eigenvalue weighted by molar-refractivity contribution is 6.30. The minimum Gasteiger partial charge on any atom is -0.306 e. The molecule has 1 amide bonds. The van der Waals surface area contributed by atoms with Crippen LogP contribution in [0.2, 0.25) is 5.02 Å². The summed E-state index contributed by atoms with van der Waals surface area (Å²) in [6.07, 6.45) is 4.48.